The number of aryl methyl sites for hydroxylation is 1. The van der Waals surface area contributed by atoms with Gasteiger partial charge in [0.25, 0.3) is 5.91 Å². The summed E-state index contributed by atoms with van der Waals surface area (Å²) in [5.41, 5.74) is 4.83. The minimum Gasteiger partial charge on any atom is -0.362 e. The third-order valence-electron chi connectivity index (χ3n) is 7.21. The summed E-state index contributed by atoms with van der Waals surface area (Å²) < 4.78 is 39.2. The van der Waals surface area contributed by atoms with Gasteiger partial charge in [-0.25, -0.2) is 0 Å². The lowest BCUT2D eigenvalue weighted by Gasteiger charge is -2.37. The first-order valence-electron chi connectivity index (χ1n) is 13.0. The predicted molar refractivity (Wildman–Crippen MR) is 147 cm³/mol. The molecule has 0 spiro atoms. The fraction of sp³-hybridized carbons (Fsp3) is 0.323. The van der Waals surface area contributed by atoms with Crippen molar-refractivity contribution in [1.29, 1.82) is 0 Å². The van der Waals surface area contributed by atoms with Gasteiger partial charge in [0.1, 0.15) is 0 Å². The van der Waals surface area contributed by atoms with Crippen LogP contribution in [0.15, 0.2) is 79.5 Å². The molecule has 0 radical (unpaired) electrons. The second-order valence-electron chi connectivity index (χ2n) is 9.82. The van der Waals surface area contributed by atoms with Crippen LogP contribution in [0.1, 0.15) is 46.8 Å². The van der Waals surface area contributed by atoms with Gasteiger partial charge in [0.05, 0.1) is 5.56 Å². The summed E-state index contributed by atoms with van der Waals surface area (Å²) in [6, 6.07) is 19.0. The van der Waals surface area contributed by atoms with Crippen LogP contribution in [0.4, 0.5) is 18.9 Å². The number of carbonyl (C=O) groups is 1. The van der Waals surface area contributed by atoms with E-state index in [9.17, 15) is 18.0 Å². The van der Waals surface area contributed by atoms with Gasteiger partial charge in [-0.05, 0) is 110 Å². The van der Waals surface area contributed by atoms with Crippen molar-refractivity contribution in [1.82, 2.24) is 9.80 Å². The molecule has 200 valence electrons. The van der Waals surface area contributed by atoms with E-state index in [4.69, 9.17) is 0 Å². The van der Waals surface area contributed by atoms with Gasteiger partial charge in [-0.2, -0.15) is 13.2 Å². The minimum atomic E-state index is -4.44. The summed E-state index contributed by atoms with van der Waals surface area (Å²) >= 11 is 0. The first kappa shape index (κ1) is 27.5. The molecule has 1 amide bonds. The summed E-state index contributed by atoms with van der Waals surface area (Å²) in [5.74, 6) is -0.244. The Morgan fingerprint density at radius 2 is 1.74 bits per heavy atom. The van der Waals surface area contributed by atoms with E-state index >= 15 is 0 Å². The Kier molecular flexibility index (Phi) is 8.57. The van der Waals surface area contributed by atoms with E-state index in [1.807, 2.05) is 23.1 Å². The number of benzene rings is 3. The predicted octanol–water partition coefficient (Wildman–Crippen LogP) is 7.23. The van der Waals surface area contributed by atoms with Crippen LogP contribution in [-0.2, 0) is 19.1 Å². The SMILES string of the molecule is C=CNc1ccc(-c2cccc(CN(C(=O)c3ccc(C(F)(F)F)cc3)C3CCN(C)CC3)c2)cc1CC. The summed E-state index contributed by atoms with van der Waals surface area (Å²) in [4.78, 5) is 17.7. The van der Waals surface area contributed by atoms with Crippen LogP contribution in [0.25, 0.3) is 11.1 Å². The molecule has 0 bridgehead atoms. The van der Waals surface area contributed by atoms with Gasteiger partial charge >= 0.3 is 6.18 Å². The molecule has 1 aliphatic heterocycles. The van der Waals surface area contributed by atoms with E-state index < -0.39 is 11.7 Å². The van der Waals surface area contributed by atoms with Crippen molar-refractivity contribution in [3.63, 3.8) is 0 Å². The molecule has 1 saturated heterocycles. The summed E-state index contributed by atoms with van der Waals surface area (Å²) in [6.45, 7) is 7.98. The molecule has 0 aromatic heterocycles. The molecule has 0 saturated carbocycles. The highest BCUT2D eigenvalue weighted by atomic mass is 19.4. The molecule has 0 unspecified atom stereocenters. The molecular formula is C31H34F3N3O. The molecule has 4 rings (SSSR count). The Morgan fingerprint density at radius 1 is 1.05 bits per heavy atom. The number of likely N-dealkylation sites (tertiary alicyclic amines) is 1. The molecular weight excluding hydrogens is 487 g/mol. The zero-order valence-corrected chi connectivity index (χ0v) is 21.9. The number of hydrogen-bond donors (Lipinski definition) is 1. The molecule has 3 aromatic rings. The highest BCUT2D eigenvalue weighted by Gasteiger charge is 2.32. The fourth-order valence-corrected chi connectivity index (χ4v) is 5.00. The van der Waals surface area contributed by atoms with E-state index in [0.717, 1.165) is 66.9 Å². The first-order valence-corrected chi connectivity index (χ1v) is 13.0. The van der Waals surface area contributed by atoms with Gasteiger partial charge in [-0.3, -0.25) is 4.79 Å². The number of anilines is 1. The van der Waals surface area contributed by atoms with Crippen LogP contribution in [0, 0.1) is 0 Å². The van der Waals surface area contributed by atoms with Crippen LogP contribution in [0.2, 0.25) is 0 Å². The molecule has 1 fully saturated rings. The first-order chi connectivity index (χ1) is 18.2. The lowest BCUT2D eigenvalue weighted by Crippen LogP contribution is -2.46. The summed E-state index contributed by atoms with van der Waals surface area (Å²) in [7, 11) is 2.06. The fourth-order valence-electron chi connectivity index (χ4n) is 5.00. The van der Waals surface area contributed by atoms with Crippen LogP contribution in [0.5, 0.6) is 0 Å². The Bertz CT molecular complexity index is 1260. The van der Waals surface area contributed by atoms with Crippen LogP contribution in [0.3, 0.4) is 0 Å². The molecule has 1 heterocycles. The standard InChI is InChI=1S/C31H34F3N3O/c1-4-23-20-26(11-14-29(23)35-5-2)25-8-6-7-22(19-25)21-37(28-15-17-36(3)18-16-28)30(38)24-9-12-27(13-10-24)31(32,33)34/h5-14,19-20,28,35H,2,4,15-18,21H2,1,3H3. The lowest BCUT2D eigenvalue weighted by molar-refractivity contribution is -0.137. The molecule has 7 heteroatoms. The van der Waals surface area contributed by atoms with Gasteiger partial charge in [0, 0.05) is 23.8 Å². The van der Waals surface area contributed by atoms with Crippen LogP contribution < -0.4 is 5.32 Å². The van der Waals surface area contributed by atoms with Gasteiger partial charge in [-0.1, -0.05) is 37.8 Å². The second kappa shape index (κ2) is 11.9. The highest BCUT2D eigenvalue weighted by molar-refractivity contribution is 5.94. The lowest BCUT2D eigenvalue weighted by atomic mass is 9.97. The minimum absolute atomic E-state index is 0.0144. The molecule has 38 heavy (non-hydrogen) atoms. The van der Waals surface area contributed by atoms with E-state index in [2.05, 4.69) is 55.0 Å². The van der Waals surface area contributed by atoms with Crippen molar-refractivity contribution in [2.75, 3.05) is 25.5 Å². The van der Waals surface area contributed by atoms with E-state index in [-0.39, 0.29) is 17.5 Å². The average molecular weight is 522 g/mol. The Balaban J connectivity index is 1.62. The van der Waals surface area contributed by atoms with E-state index in [1.54, 1.807) is 6.20 Å². The van der Waals surface area contributed by atoms with Crippen molar-refractivity contribution in [3.8, 4) is 11.1 Å². The van der Waals surface area contributed by atoms with Gasteiger partial charge in [-0.15, -0.1) is 0 Å². The maximum atomic E-state index is 13.6. The molecule has 1 N–H and O–H groups in total. The number of rotatable bonds is 8. The highest BCUT2D eigenvalue weighted by Crippen LogP contribution is 2.31. The van der Waals surface area contributed by atoms with Crippen LogP contribution in [-0.4, -0.2) is 41.9 Å². The molecule has 4 nitrogen and oxygen atoms in total. The van der Waals surface area contributed by atoms with E-state index in [0.29, 0.717) is 6.54 Å². The number of hydrogen-bond acceptors (Lipinski definition) is 3. The largest absolute Gasteiger partial charge is 0.416 e. The van der Waals surface area contributed by atoms with Crippen molar-refractivity contribution in [2.45, 2.75) is 44.9 Å². The monoisotopic (exact) mass is 521 g/mol. The number of nitrogens with zero attached hydrogens (tertiary/aromatic N) is 2. The van der Waals surface area contributed by atoms with Crippen molar-refractivity contribution < 1.29 is 18.0 Å². The average Bonchev–Trinajstić information content (AvgIpc) is 2.92. The number of halogens is 3. The Labute approximate surface area is 222 Å². The third kappa shape index (κ3) is 6.45. The van der Waals surface area contributed by atoms with Gasteiger partial charge < -0.3 is 15.1 Å². The van der Waals surface area contributed by atoms with Crippen LogP contribution >= 0.6 is 0 Å². The maximum Gasteiger partial charge on any atom is 0.416 e. The second-order valence-corrected chi connectivity index (χ2v) is 9.82. The molecule has 0 atom stereocenters. The van der Waals surface area contributed by atoms with Crippen molar-refractivity contribution in [2.24, 2.45) is 0 Å². The normalized spacial score (nSPS) is 14.8. The molecule has 3 aromatic carbocycles. The third-order valence-corrected chi connectivity index (χ3v) is 7.21. The number of piperidine rings is 1. The number of nitrogens with one attached hydrogen (secondary N) is 1. The van der Waals surface area contributed by atoms with Crippen molar-refractivity contribution in [3.05, 3.63) is 102 Å². The zero-order valence-electron chi connectivity index (χ0n) is 21.9. The topological polar surface area (TPSA) is 35.6 Å². The molecule has 1 aliphatic rings. The number of carbonyl (C=O) groups excluding carboxylic acids is 1. The maximum absolute atomic E-state index is 13.6. The Hall–Kier alpha value is -3.58. The molecule has 0 aliphatic carbocycles. The van der Waals surface area contributed by atoms with Gasteiger partial charge in [0.2, 0.25) is 0 Å². The van der Waals surface area contributed by atoms with Gasteiger partial charge in [0.15, 0.2) is 0 Å². The summed E-state index contributed by atoms with van der Waals surface area (Å²) in [6.07, 6.45) is -0.261. The van der Waals surface area contributed by atoms with E-state index in [1.165, 1.54) is 17.7 Å². The summed E-state index contributed by atoms with van der Waals surface area (Å²) in [5, 5.41) is 3.18. The number of amides is 1. The quantitative estimate of drug-likeness (QED) is 0.340. The number of alkyl halides is 3. The zero-order chi connectivity index (χ0) is 27.3. The van der Waals surface area contributed by atoms with Crippen molar-refractivity contribution >= 4 is 11.6 Å². The Morgan fingerprint density at radius 3 is 2.37 bits per heavy atom. The smallest absolute Gasteiger partial charge is 0.362 e.